The Bertz CT molecular complexity index is 394. The van der Waals surface area contributed by atoms with Crippen molar-refractivity contribution in [3.05, 3.63) is 35.4 Å². The maximum atomic E-state index is 8.77. The lowest BCUT2D eigenvalue weighted by molar-refractivity contribution is 0.172. The van der Waals surface area contributed by atoms with Gasteiger partial charge in [0.25, 0.3) is 0 Å². The highest BCUT2D eigenvalue weighted by Crippen LogP contribution is 2.22. The molecule has 0 bridgehead atoms. The van der Waals surface area contributed by atoms with Crippen molar-refractivity contribution in [2.45, 2.75) is 39.2 Å². The lowest BCUT2D eigenvalue weighted by Crippen LogP contribution is -2.33. The molecular formula is C16H22N2. The molecule has 96 valence electrons. The Morgan fingerprint density at radius 1 is 1.22 bits per heavy atom. The summed E-state index contributed by atoms with van der Waals surface area (Å²) in [5.74, 6) is 0.951. The molecule has 0 saturated carbocycles. The summed E-state index contributed by atoms with van der Waals surface area (Å²) in [6.45, 7) is 5.77. The average molecular weight is 242 g/mol. The highest BCUT2D eigenvalue weighted by Gasteiger charge is 2.18. The Morgan fingerprint density at radius 3 is 2.44 bits per heavy atom. The molecule has 0 amide bonds. The van der Waals surface area contributed by atoms with Crippen LogP contribution in [0.3, 0.4) is 0 Å². The van der Waals surface area contributed by atoms with E-state index in [4.69, 9.17) is 5.26 Å². The van der Waals surface area contributed by atoms with Crippen molar-refractivity contribution < 1.29 is 0 Å². The van der Waals surface area contributed by atoms with Gasteiger partial charge in [-0.2, -0.15) is 5.26 Å². The van der Waals surface area contributed by atoms with Crippen LogP contribution >= 0.6 is 0 Å². The zero-order chi connectivity index (χ0) is 12.8. The Morgan fingerprint density at radius 2 is 1.89 bits per heavy atom. The lowest BCUT2D eigenvalue weighted by atomic mass is 9.92. The third kappa shape index (κ3) is 3.58. The van der Waals surface area contributed by atoms with Crippen LogP contribution in [0, 0.1) is 17.2 Å². The molecule has 2 nitrogen and oxygen atoms in total. The lowest BCUT2D eigenvalue weighted by Gasteiger charge is -2.31. The largest absolute Gasteiger partial charge is 0.299 e. The van der Waals surface area contributed by atoms with Crippen molar-refractivity contribution in [3.63, 3.8) is 0 Å². The van der Waals surface area contributed by atoms with Gasteiger partial charge in [0.05, 0.1) is 11.6 Å². The summed E-state index contributed by atoms with van der Waals surface area (Å²) in [5, 5.41) is 8.77. The third-order valence-corrected chi connectivity index (χ3v) is 3.89. The molecule has 1 saturated heterocycles. The highest BCUT2D eigenvalue weighted by atomic mass is 15.1. The minimum absolute atomic E-state index is 0.750. The van der Waals surface area contributed by atoms with Crippen LogP contribution in [0.2, 0.25) is 0 Å². The molecule has 1 aromatic rings. The van der Waals surface area contributed by atoms with Gasteiger partial charge >= 0.3 is 0 Å². The van der Waals surface area contributed by atoms with E-state index in [0.717, 1.165) is 18.0 Å². The molecule has 1 aromatic carbocycles. The van der Waals surface area contributed by atoms with E-state index < -0.39 is 0 Å². The van der Waals surface area contributed by atoms with Gasteiger partial charge in [-0.1, -0.05) is 31.9 Å². The first-order valence-electron chi connectivity index (χ1n) is 7.03. The fraction of sp³-hybridized carbons (Fsp3) is 0.562. The molecule has 2 rings (SSSR count). The minimum Gasteiger partial charge on any atom is -0.299 e. The Labute approximate surface area is 110 Å². The van der Waals surface area contributed by atoms with Crippen LogP contribution in [0.15, 0.2) is 24.3 Å². The summed E-state index contributed by atoms with van der Waals surface area (Å²) in [6, 6.07) is 10.2. The number of hydrogen-bond acceptors (Lipinski definition) is 2. The van der Waals surface area contributed by atoms with Crippen molar-refractivity contribution in [3.8, 4) is 6.07 Å². The van der Waals surface area contributed by atoms with Crippen LogP contribution < -0.4 is 0 Å². The SMILES string of the molecule is CCCC1CCN(Cc2ccc(C#N)cc2)CC1. The number of nitrogens with zero attached hydrogens (tertiary/aromatic N) is 2. The van der Waals surface area contributed by atoms with Crippen molar-refractivity contribution in [2.24, 2.45) is 5.92 Å². The summed E-state index contributed by atoms with van der Waals surface area (Å²) in [5.41, 5.74) is 2.07. The number of hydrogen-bond donors (Lipinski definition) is 0. The van der Waals surface area contributed by atoms with Gasteiger partial charge in [-0.15, -0.1) is 0 Å². The molecule has 1 fully saturated rings. The van der Waals surface area contributed by atoms with Crippen molar-refractivity contribution in [1.29, 1.82) is 5.26 Å². The van der Waals surface area contributed by atoms with E-state index in [1.807, 2.05) is 12.1 Å². The van der Waals surface area contributed by atoms with Crippen LogP contribution in [0.25, 0.3) is 0 Å². The standard InChI is InChI=1S/C16H22N2/c1-2-3-14-8-10-18(11-9-14)13-16-6-4-15(12-17)5-7-16/h4-7,14H,2-3,8-11,13H2,1H3. The average Bonchev–Trinajstić information content (AvgIpc) is 2.42. The zero-order valence-corrected chi connectivity index (χ0v) is 11.2. The Hall–Kier alpha value is -1.33. The minimum atomic E-state index is 0.750. The second-order valence-electron chi connectivity index (χ2n) is 5.32. The topological polar surface area (TPSA) is 27.0 Å². The molecule has 0 aliphatic carbocycles. The molecule has 0 unspecified atom stereocenters. The normalized spacial score (nSPS) is 17.6. The van der Waals surface area contributed by atoms with Gasteiger partial charge in [0.15, 0.2) is 0 Å². The zero-order valence-electron chi connectivity index (χ0n) is 11.2. The number of rotatable bonds is 4. The van der Waals surface area contributed by atoms with Gasteiger partial charge in [0.2, 0.25) is 0 Å². The molecular weight excluding hydrogens is 220 g/mol. The molecule has 0 spiro atoms. The summed E-state index contributed by atoms with van der Waals surface area (Å²) in [6.07, 6.45) is 5.42. The highest BCUT2D eigenvalue weighted by molar-refractivity contribution is 5.31. The maximum Gasteiger partial charge on any atom is 0.0991 e. The summed E-state index contributed by atoms with van der Waals surface area (Å²) in [4.78, 5) is 2.54. The van der Waals surface area contributed by atoms with E-state index in [1.165, 1.54) is 44.3 Å². The predicted molar refractivity (Wildman–Crippen MR) is 74.1 cm³/mol. The predicted octanol–water partition coefficient (Wildman–Crippen LogP) is 3.57. The summed E-state index contributed by atoms with van der Waals surface area (Å²) in [7, 11) is 0. The van der Waals surface area contributed by atoms with Crippen molar-refractivity contribution in [1.82, 2.24) is 4.90 Å². The number of benzene rings is 1. The van der Waals surface area contributed by atoms with Gasteiger partial charge in [-0.25, -0.2) is 0 Å². The monoisotopic (exact) mass is 242 g/mol. The first-order chi connectivity index (χ1) is 8.81. The third-order valence-electron chi connectivity index (χ3n) is 3.89. The van der Waals surface area contributed by atoms with E-state index in [-0.39, 0.29) is 0 Å². The van der Waals surface area contributed by atoms with Crippen molar-refractivity contribution >= 4 is 0 Å². The number of likely N-dealkylation sites (tertiary alicyclic amines) is 1. The molecule has 0 N–H and O–H groups in total. The fourth-order valence-corrected chi connectivity index (χ4v) is 2.78. The Balaban J connectivity index is 1.82. The quantitative estimate of drug-likeness (QED) is 0.807. The molecule has 18 heavy (non-hydrogen) atoms. The molecule has 1 heterocycles. The van der Waals surface area contributed by atoms with Crippen LogP contribution in [0.5, 0.6) is 0 Å². The number of nitriles is 1. The molecule has 1 aliphatic heterocycles. The molecule has 0 radical (unpaired) electrons. The van der Waals surface area contributed by atoms with Gasteiger partial charge in [-0.05, 0) is 49.5 Å². The smallest absolute Gasteiger partial charge is 0.0991 e. The first kappa shape index (κ1) is 13.1. The van der Waals surface area contributed by atoms with Crippen LogP contribution in [0.1, 0.15) is 43.7 Å². The van der Waals surface area contributed by atoms with Gasteiger partial charge in [0, 0.05) is 6.54 Å². The van der Waals surface area contributed by atoms with Gasteiger partial charge < -0.3 is 0 Å². The second-order valence-corrected chi connectivity index (χ2v) is 5.32. The van der Waals surface area contributed by atoms with Gasteiger partial charge in [-0.3, -0.25) is 4.90 Å². The van der Waals surface area contributed by atoms with Gasteiger partial charge in [0.1, 0.15) is 0 Å². The van der Waals surface area contributed by atoms with E-state index >= 15 is 0 Å². The first-order valence-corrected chi connectivity index (χ1v) is 7.03. The van der Waals surface area contributed by atoms with Crippen LogP contribution in [-0.4, -0.2) is 18.0 Å². The van der Waals surface area contributed by atoms with E-state index in [0.29, 0.717) is 0 Å². The second kappa shape index (κ2) is 6.56. The van der Waals surface area contributed by atoms with E-state index in [9.17, 15) is 0 Å². The maximum absolute atomic E-state index is 8.77. The van der Waals surface area contributed by atoms with Crippen molar-refractivity contribution in [2.75, 3.05) is 13.1 Å². The molecule has 1 aliphatic rings. The van der Waals surface area contributed by atoms with E-state index in [2.05, 4.69) is 30.0 Å². The van der Waals surface area contributed by atoms with E-state index in [1.54, 1.807) is 0 Å². The Kier molecular flexibility index (Phi) is 4.78. The summed E-state index contributed by atoms with van der Waals surface area (Å²) < 4.78 is 0. The number of piperidine rings is 1. The molecule has 0 aromatic heterocycles. The van der Waals surface area contributed by atoms with Crippen LogP contribution in [0.4, 0.5) is 0 Å². The fourth-order valence-electron chi connectivity index (χ4n) is 2.78. The molecule has 2 heteroatoms. The molecule has 0 atom stereocenters. The van der Waals surface area contributed by atoms with Crippen LogP contribution in [-0.2, 0) is 6.54 Å². The summed E-state index contributed by atoms with van der Waals surface area (Å²) >= 11 is 0.